The molecular formula is C12H10FN5O3. The van der Waals surface area contributed by atoms with Gasteiger partial charge in [-0.25, -0.2) is 9.07 Å². The first kappa shape index (κ1) is 13.0. The third kappa shape index (κ3) is 2.29. The monoisotopic (exact) mass is 291 g/mol. The molecule has 0 unspecified atom stereocenters. The molecule has 3 rings (SSSR count). The summed E-state index contributed by atoms with van der Waals surface area (Å²) in [6, 6.07) is 4.07. The van der Waals surface area contributed by atoms with E-state index in [0.29, 0.717) is 11.0 Å². The molecule has 0 bridgehead atoms. The van der Waals surface area contributed by atoms with Crippen molar-refractivity contribution in [2.75, 3.05) is 12.4 Å². The number of methoxy groups -OCH3 is 1. The molecular weight excluding hydrogens is 281 g/mol. The molecule has 108 valence electrons. The average molecular weight is 291 g/mol. The summed E-state index contributed by atoms with van der Waals surface area (Å²) in [5.74, 6) is -1.06. The van der Waals surface area contributed by atoms with Gasteiger partial charge in [0.2, 0.25) is 5.82 Å². The SMILES string of the molecule is COc1nc(C(=O)Nc2noc3ccc(F)cc23)nn1C. The molecule has 0 saturated carbocycles. The lowest BCUT2D eigenvalue weighted by atomic mass is 10.2. The lowest BCUT2D eigenvalue weighted by Crippen LogP contribution is -2.14. The smallest absolute Gasteiger partial charge is 0.314 e. The third-order valence-corrected chi connectivity index (χ3v) is 2.77. The molecule has 0 aliphatic carbocycles. The first-order valence-corrected chi connectivity index (χ1v) is 5.90. The van der Waals surface area contributed by atoms with Crippen molar-refractivity contribution in [1.82, 2.24) is 19.9 Å². The van der Waals surface area contributed by atoms with Crippen LogP contribution in [0.4, 0.5) is 10.2 Å². The molecule has 21 heavy (non-hydrogen) atoms. The Bertz CT molecular complexity index is 826. The number of carbonyl (C=O) groups is 1. The molecule has 2 heterocycles. The van der Waals surface area contributed by atoms with Crippen LogP contribution in [0.3, 0.4) is 0 Å². The van der Waals surface area contributed by atoms with Gasteiger partial charge in [-0.2, -0.15) is 4.98 Å². The average Bonchev–Trinajstić information content (AvgIpc) is 3.03. The summed E-state index contributed by atoms with van der Waals surface area (Å²) in [6.07, 6.45) is 0. The van der Waals surface area contributed by atoms with Crippen molar-refractivity contribution in [2.24, 2.45) is 7.05 Å². The number of aromatic nitrogens is 4. The molecule has 0 aliphatic rings. The molecule has 0 spiro atoms. The Labute approximate surface area is 117 Å². The molecule has 0 saturated heterocycles. The summed E-state index contributed by atoms with van der Waals surface area (Å²) in [4.78, 5) is 15.9. The van der Waals surface area contributed by atoms with E-state index < -0.39 is 11.7 Å². The van der Waals surface area contributed by atoms with Gasteiger partial charge in [-0.1, -0.05) is 5.16 Å². The molecule has 9 heteroatoms. The van der Waals surface area contributed by atoms with Crippen molar-refractivity contribution >= 4 is 22.7 Å². The minimum absolute atomic E-state index is 0.0955. The summed E-state index contributed by atoms with van der Waals surface area (Å²) in [5.41, 5.74) is 0.360. The van der Waals surface area contributed by atoms with Crippen LogP contribution in [-0.4, -0.2) is 32.9 Å². The lowest BCUT2D eigenvalue weighted by Gasteiger charge is -1.97. The lowest BCUT2D eigenvalue weighted by molar-refractivity contribution is 0.101. The van der Waals surface area contributed by atoms with E-state index in [4.69, 9.17) is 9.26 Å². The van der Waals surface area contributed by atoms with Gasteiger partial charge in [-0.05, 0) is 18.2 Å². The molecule has 1 aromatic carbocycles. The topological polar surface area (TPSA) is 95.1 Å². The van der Waals surface area contributed by atoms with Gasteiger partial charge in [0.25, 0.3) is 5.91 Å². The van der Waals surface area contributed by atoms with E-state index in [1.165, 1.54) is 30.0 Å². The number of benzene rings is 1. The maximum absolute atomic E-state index is 13.2. The number of amides is 1. The van der Waals surface area contributed by atoms with E-state index in [1.807, 2.05) is 0 Å². The fraction of sp³-hybridized carbons (Fsp3) is 0.167. The largest absolute Gasteiger partial charge is 0.467 e. The summed E-state index contributed by atoms with van der Waals surface area (Å²) < 4.78 is 24.5. The van der Waals surface area contributed by atoms with Crippen LogP contribution in [0.1, 0.15) is 10.6 Å². The number of nitrogens with zero attached hydrogens (tertiary/aromatic N) is 4. The molecule has 1 N–H and O–H groups in total. The Kier molecular flexibility index (Phi) is 3.01. The zero-order chi connectivity index (χ0) is 15.0. The summed E-state index contributed by atoms with van der Waals surface area (Å²) in [7, 11) is 3.00. The molecule has 2 aromatic heterocycles. The van der Waals surface area contributed by atoms with Crippen molar-refractivity contribution in [2.45, 2.75) is 0 Å². The normalized spacial score (nSPS) is 10.8. The van der Waals surface area contributed by atoms with Crippen molar-refractivity contribution in [3.63, 3.8) is 0 Å². The molecule has 3 aromatic rings. The molecule has 1 amide bonds. The van der Waals surface area contributed by atoms with Crippen LogP contribution in [-0.2, 0) is 7.05 Å². The molecule has 0 aliphatic heterocycles. The van der Waals surface area contributed by atoms with Crippen molar-refractivity contribution < 1.29 is 18.4 Å². The van der Waals surface area contributed by atoms with Gasteiger partial charge in [0.15, 0.2) is 11.4 Å². The van der Waals surface area contributed by atoms with E-state index >= 15 is 0 Å². The quantitative estimate of drug-likeness (QED) is 0.782. The van der Waals surface area contributed by atoms with Gasteiger partial charge in [0, 0.05) is 7.05 Å². The van der Waals surface area contributed by atoms with Crippen LogP contribution in [0.2, 0.25) is 0 Å². The molecule has 0 fully saturated rings. The highest BCUT2D eigenvalue weighted by Gasteiger charge is 2.18. The Balaban J connectivity index is 1.90. The van der Waals surface area contributed by atoms with Gasteiger partial charge in [-0.3, -0.25) is 4.79 Å². The van der Waals surface area contributed by atoms with Crippen LogP contribution in [0.5, 0.6) is 6.01 Å². The number of halogens is 1. The standard InChI is InChI=1S/C12H10FN5O3/c1-18-12(20-2)15-10(16-18)11(19)14-9-7-5-6(13)3-4-8(7)21-17-9/h3-5H,1-2H3,(H,14,17,19). The number of anilines is 1. The maximum atomic E-state index is 13.2. The number of fused-ring (bicyclic) bond motifs is 1. The number of ether oxygens (including phenoxy) is 1. The zero-order valence-electron chi connectivity index (χ0n) is 11.1. The maximum Gasteiger partial charge on any atom is 0.314 e. The Morgan fingerprint density at radius 2 is 2.29 bits per heavy atom. The summed E-state index contributed by atoms with van der Waals surface area (Å²) in [6.45, 7) is 0. The zero-order valence-corrected chi connectivity index (χ0v) is 11.1. The highest BCUT2D eigenvalue weighted by molar-refractivity contribution is 6.05. The minimum atomic E-state index is -0.603. The van der Waals surface area contributed by atoms with E-state index in [0.717, 1.165) is 0 Å². The second-order valence-electron chi connectivity index (χ2n) is 4.17. The predicted molar refractivity (Wildman–Crippen MR) is 69.5 cm³/mol. The van der Waals surface area contributed by atoms with Gasteiger partial charge < -0.3 is 14.6 Å². The van der Waals surface area contributed by atoms with E-state index in [2.05, 4.69) is 20.6 Å². The first-order valence-electron chi connectivity index (χ1n) is 5.90. The third-order valence-electron chi connectivity index (χ3n) is 2.77. The summed E-state index contributed by atoms with van der Waals surface area (Å²) in [5, 5.41) is 10.4. The van der Waals surface area contributed by atoms with E-state index in [9.17, 15) is 9.18 Å². The van der Waals surface area contributed by atoms with Gasteiger partial charge in [-0.15, -0.1) is 5.10 Å². The van der Waals surface area contributed by atoms with Crippen molar-refractivity contribution in [3.8, 4) is 6.01 Å². The summed E-state index contributed by atoms with van der Waals surface area (Å²) >= 11 is 0. The number of nitrogens with one attached hydrogen (secondary N) is 1. The number of rotatable bonds is 3. The van der Waals surface area contributed by atoms with E-state index in [-0.39, 0.29) is 17.7 Å². The number of aryl methyl sites for hydroxylation is 1. The Hall–Kier alpha value is -2.97. The van der Waals surface area contributed by atoms with Crippen LogP contribution >= 0.6 is 0 Å². The van der Waals surface area contributed by atoms with Gasteiger partial charge in [0.1, 0.15) is 5.82 Å². The van der Waals surface area contributed by atoms with Crippen LogP contribution in [0.15, 0.2) is 22.7 Å². The second kappa shape index (κ2) is 4.85. The Morgan fingerprint density at radius 3 is 3.00 bits per heavy atom. The Morgan fingerprint density at radius 1 is 1.48 bits per heavy atom. The van der Waals surface area contributed by atoms with Crippen LogP contribution in [0, 0.1) is 5.82 Å². The molecule has 0 atom stereocenters. The first-order chi connectivity index (χ1) is 10.1. The molecule has 0 radical (unpaired) electrons. The number of carbonyl (C=O) groups excluding carboxylic acids is 1. The van der Waals surface area contributed by atoms with Crippen LogP contribution < -0.4 is 10.1 Å². The second-order valence-corrected chi connectivity index (χ2v) is 4.17. The minimum Gasteiger partial charge on any atom is -0.467 e. The van der Waals surface area contributed by atoms with E-state index in [1.54, 1.807) is 7.05 Å². The van der Waals surface area contributed by atoms with Crippen molar-refractivity contribution in [3.05, 3.63) is 29.8 Å². The fourth-order valence-electron chi connectivity index (χ4n) is 1.81. The van der Waals surface area contributed by atoms with Gasteiger partial charge >= 0.3 is 6.01 Å². The number of hydrogen-bond acceptors (Lipinski definition) is 6. The number of hydrogen-bond donors (Lipinski definition) is 1. The molecule has 8 nitrogen and oxygen atoms in total. The highest BCUT2D eigenvalue weighted by atomic mass is 19.1. The van der Waals surface area contributed by atoms with Crippen molar-refractivity contribution in [1.29, 1.82) is 0 Å². The van der Waals surface area contributed by atoms with Gasteiger partial charge in [0.05, 0.1) is 12.5 Å². The predicted octanol–water partition coefficient (Wildman–Crippen LogP) is 1.36. The fourth-order valence-corrected chi connectivity index (χ4v) is 1.81. The van der Waals surface area contributed by atoms with Crippen LogP contribution in [0.25, 0.3) is 11.0 Å². The highest BCUT2D eigenvalue weighted by Crippen LogP contribution is 2.23.